The van der Waals surface area contributed by atoms with E-state index in [4.69, 9.17) is 0 Å². The van der Waals surface area contributed by atoms with Crippen molar-refractivity contribution in [3.8, 4) is 0 Å². The van der Waals surface area contributed by atoms with Gasteiger partial charge in [0.25, 0.3) is 0 Å². The molecule has 0 unspecified atom stereocenters. The van der Waals surface area contributed by atoms with Crippen molar-refractivity contribution < 1.29 is 14.3 Å². The number of hydrogen-bond acceptors (Lipinski definition) is 3. The van der Waals surface area contributed by atoms with Crippen LogP contribution in [0.15, 0.2) is 0 Å². The molecule has 0 radical (unpaired) electrons. The number of ether oxygens (including phenoxy) is 1. The fraction of sp³-hybridized carbons (Fsp3) is 0.778. The van der Waals surface area contributed by atoms with E-state index >= 15 is 0 Å². The van der Waals surface area contributed by atoms with Crippen LogP contribution in [0.5, 0.6) is 0 Å². The number of hydrogen-bond donors (Lipinski definition) is 0. The molecule has 0 aliphatic heterocycles. The highest BCUT2D eigenvalue weighted by molar-refractivity contribution is 6.33. The van der Waals surface area contributed by atoms with Gasteiger partial charge in [-0.2, -0.15) is 0 Å². The minimum Gasteiger partial charge on any atom is -0.460 e. The number of Topliss-reactive ketones (excluding diaryl/α,β-unsaturated/α-hetero) is 1. The van der Waals surface area contributed by atoms with Crippen molar-refractivity contribution in [3.05, 3.63) is 0 Å². The molecule has 0 aromatic carbocycles. The summed E-state index contributed by atoms with van der Waals surface area (Å²) in [4.78, 5) is 21.9. The molecule has 1 fully saturated rings. The molecule has 3 nitrogen and oxygen atoms in total. The van der Waals surface area contributed by atoms with Crippen molar-refractivity contribution >= 4 is 11.8 Å². The Morgan fingerprint density at radius 2 is 2.08 bits per heavy atom. The molecule has 0 amide bonds. The summed E-state index contributed by atoms with van der Waals surface area (Å²) in [7, 11) is 0. The van der Waals surface area contributed by atoms with Crippen LogP contribution >= 0.6 is 0 Å². The van der Waals surface area contributed by atoms with Crippen LogP contribution in [0.1, 0.15) is 32.6 Å². The van der Waals surface area contributed by atoms with Crippen LogP contribution in [0.4, 0.5) is 0 Å². The second-order valence-corrected chi connectivity index (χ2v) is 3.14. The zero-order valence-corrected chi connectivity index (χ0v) is 7.34. The lowest BCUT2D eigenvalue weighted by atomic mass is 9.82. The summed E-state index contributed by atoms with van der Waals surface area (Å²) in [5.41, 5.74) is 0. The largest absolute Gasteiger partial charge is 0.460 e. The summed E-state index contributed by atoms with van der Waals surface area (Å²) in [5.74, 6) is -0.576. The first-order valence-corrected chi connectivity index (χ1v) is 4.44. The summed E-state index contributed by atoms with van der Waals surface area (Å²) < 4.78 is 4.58. The molecule has 0 heterocycles. The van der Waals surface area contributed by atoms with Gasteiger partial charge in [-0.25, -0.2) is 4.79 Å². The second kappa shape index (κ2) is 4.24. The molecule has 0 aromatic heterocycles. The van der Waals surface area contributed by atoms with Gasteiger partial charge >= 0.3 is 5.97 Å². The molecule has 1 aliphatic carbocycles. The molecule has 12 heavy (non-hydrogen) atoms. The second-order valence-electron chi connectivity index (χ2n) is 3.14. The van der Waals surface area contributed by atoms with E-state index in [1.165, 1.54) is 6.42 Å². The van der Waals surface area contributed by atoms with Gasteiger partial charge in [0.05, 0.1) is 6.61 Å². The molecular formula is C9H14O3. The van der Waals surface area contributed by atoms with E-state index in [0.717, 1.165) is 12.8 Å². The number of ketones is 1. The van der Waals surface area contributed by atoms with Gasteiger partial charge < -0.3 is 4.74 Å². The summed E-state index contributed by atoms with van der Waals surface area (Å²) in [6, 6.07) is 0. The van der Waals surface area contributed by atoms with Crippen LogP contribution in [-0.2, 0) is 14.3 Å². The number of carbonyl (C=O) groups is 2. The lowest BCUT2D eigenvalue weighted by Gasteiger charge is -2.23. The summed E-state index contributed by atoms with van der Waals surface area (Å²) in [5, 5.41) is 0. The van der Waals surface area contributed by atoms with E-state index in [9.17, 15) is 9.59 Å². The minimum absolute atomic E-state index is 0.287. The molecule has 3 heteroatoms. The Bertz CT molecular complexity index is 182. The normalized spacial score (nSPS) is 16.8. The molecule has 1 rings (SSSR count). The van der Waals surface area contributed by atoms with E-state index in [-0.39, 0.29) is 12.4 Å². The van der Waals surface area contributed by atoms with Gasteiger partial charge in [0.1, 0.15) is 0 Å². The van der Waals surface area contributed by atoms with E-state index in [2.05, 4.69) is 4.74 Å². The molecule has 0 aromatic rings. The van der Waals surface area contributed by atoms with Crippen molar-refractivity contribution in [3.63, 3.8) is 0 Å². The highest BCUT2D eigenvalue weighted by Crippen LogP contribution is 2.29. The summed E-state index contributed by atoms with van der Waals surface area (Å²) >= 11 is 0. The number of esters is 1. The Hall–Kier alpha value is -0.860. The van der Waals surface area contributed by atoms with E-state index < -0.39 is 5.97 Å². The molecule has 0 saturated heterocycles. The number of carbonyl (C=O) groups excluding carboxylic acids is 2. The quantitative estimate of drug-likeness (QED) is 0.472. The minimum atomic E-state index is -0.663. The first-order valence-electron chi connectivity index (χ1n) is 4.44. The Morgan fingerprint density at radius 3 is 2.50 bits per heavy atom. The SMILES string of the molecule is CCOC(=O)C(=O)CC1CCC1. The standard InChI is InChI=1S/C9H14O3/c1-2-12-9(11)8(10)6-7-4-3-5-7/h7H,2-6H2,1H3. The first-order chi connectivity index (χ1) is 5.74. The predicted molar refractivity (Wildman–Crippen MR) is 43.6 cm³/mol. The van der Waals surface area contributed by atoms with Gasteiger partial charge in [0.15, 0.2) is 0 Å². The zero-order valence-electron chi connectivity index (χ0n) is 7.34. The number of rotatable bonds is 4. The van der Waals surface area contributed by atoms with Crippen molar-refractivity contribution in [2.75, 3.05) is 6.61 Å². The van der Waals surface area contributed by atoms with Crippen LogP contribution in [-0.4, -0.2) is 18.4 Å². The highest BCUT2D eigenvalue weighted by atomic mass is 16.5. The van der Waals surface area contributed by atoms with Crippen molar-refractivity contribution in [1.29, 1.82) is 0 Å². The molecule has 1 saturated carbocycles. The Morgan fingerprint density at radius 1 is 1.42 bits per heavy atom. The fourth-order valence-electron chi connectivity index (χ4n) is 1.25. The highest BCUT2D eigenvalue weighted by Gasteiger charge is 2.24. The van der Waals surface area contributed by atoms with Gasteiger partial charge in [-0.3, -0.25) is 4.79 Å². The molecule has 1 aliphatic rings. The smallest absolute Gasteiger partial charge is 0.374 e. The first kappa shape index (κ1) is 9.23. The fourth-order valence-corrected chi connectivity index (χ4v) is 1.25. The molecule has 0 spiro atoms. The maximum Gasteiger partial charge on any atom is 0.374 e. The summed E-state index contributed by atoms with van der Waals surface area (Å²) in [6.07, 6.45) is 3.76. The Labute approximate surface area is 72.1 Å². The molecule has 0 atom stereocenters. The summed E-state index contributed by atoms with van der Waals surface area (Å²) in [6.45, 7) is 1.99. The maximum absolute atomic E-state index is 11.1. The van der Waals surface area contributed by atoms with Crippen LogP contribution in [0.2, 0.25) is 0 Å². The molecular weight excluding hydrogens is 156 g/mol. The maximum atomic E-state index is 11.1. The third-order valence-electron chi connectivity index (χ3n) is 2.20. The van der Waals surface area contributed by atoms with Gasteiger partial charge in [-0.05, 0) is 25.7 Å². The van der Waals surface area contributed by atoms with Crippen LogP contribution in [0, 0.1) is 5.92 Å². The Balaban J connectivity index is 2.21. The average Bonchev–Trinajstić information content (AvgIpc) is 1.97. The van der Waals surface area contributed by atoms with Crippen LogP contribution in [0.3, 0.4) is 0 Å². The Kier molecular flexibility index (Phi) is 3.26. The zero-order chi connectivity index (χ0) is 8.97. The van der Waals surface area contributed by atoms with Gasteiger partial charge in [0, 0.05) is 6.42 Å². The molecule has 0 bridgehead atoms. The van der Waals surface area contributed by atoms with Crippen LogP contribution in [0.25, 0.3) is 0 Å². The topological polar surface area (TPSA) is 43.4 Å². The lowest BCUT2D eigenvalue weighted by Crippen LogP contribution is -2.23. The predicted octanol–water partition coefficient (Wildman–Crippen LogP) is 1.31. The molecule has 68 valence electrons. The van der Waals surface area contributed by atoms with E-state index in [0.29, 0.717) is 12.3 Å². The van der Waals surface area contributed by atoms with Crippen molar-refractivity contribution in [1.82, 2.24) is 0 Å². The average molecular weight is 170 g/mol. The van der Waals surface area contributed by atoms with Gasteiger partial charge in [-0.15, -0.1) is 0 Å². The third-order valence-corrected chi connectivity index (χ3v) is 2.20. The van der Waals surface area contributed by atoms with Crippen LogP contribution < -0.4 is 0 Å². The van der Waals surface area contributed by atoms with E-state index in [1.807, 2.05) is 0 Å². The van der Waals surface area contributed by atoms with Gasteiger partial charge in [0.2, 0.25) is 5.78 Å². The third kappa shape index (κ3) is 2.32. The lowest BCUT2D eigenvalue weighted by molar-refractivity contribution is -0.154. The van der Waals surface area contributed by atoms with Crippen molar-refractivity contribution in [2.24, 2.45) is 5.92 Å². The molecule has 0 N–H and O–H groups in total. The monoisotopic (exact) mass is 170 g/mol. The van der Waals surface area contributed by atoms with E-state index in [1.54, 1.807) is 6.92 Å². The van der Waals surface area contributed by atoms with Gasteiger partial charge in [-0.1, -0.05) is 6.42 Å². The van der Waals surface area contributed by atoms with Crippen molar-refractivity contribution in [2.45, 2.75) is 32.6 Å².